The summed E-state index contributed by atoms with van der Waals surface area (Å²) >= 11 is 3.05. The van der Waals surface area contributed by atoms with Gasteiger partial charge in [-0.25, -0.2) is 4.39 Å². The van der Waals surface area contributed by atoms with Gasteiger partial charge in [-0.05, 0) is 25.0 Å². The maximum absolute atomic E-state index is 13.4. The standard InChI is InChI=1S/C14H16BrF2NO2/c15-9-6-11(16)14(17)12(7-9)20-8-13(19)18-10-4-2-1-3-5-10/h6-7,10H,1-5,8H2,(H,18,19). The third-order valence-corrected chi connectivity index (χ3v) is 3.75. The molecule has 110 valence electrons. The molecule has 2 rings (SSSR count). The minimum atomic E-state index is -1.08. The molecule has 0 radical (unpaired) electrons. The van der Waals surface area contributed by atoms with Crippen molar-refractivity contribution in [2.45, 2.75) is 38.1 Å². The van der Waals surface area contributed by atoms with Crippen molar-refractivity contribution >= 4 is 21.8 Å². The van der Waals surface area contributed by atoms with Gasteiger partial charge in [0.1, 0.15) is 0 Å². The number of carbonyl (C=O) groups excluding carboxylic acids is 1. The summed E-state index contributed by atoms with van der Waals surface area (Å²) in [4.78, 5) is 11.7. The second-order valence-electron chi connectivity index (χ2n) is 4.89. The quantitative estimate of drug-likeness (QED) is 0.845. The molecule has 0 unspecified atom stereocenters. The third-order valence-electron chi connectivity index (χ3n) is 3.29. The predicted molar refractivity (Wildman–Crippen MR) is 74.6 cm³/mol. The second-order valence-corrected chi connectivity index (χ2v) is 5.81. The molecule has 3 nitrogen and oxygen atoms in total. The Hall–Kier alpha value is -1.17. The molecule has 1 N–H and O–H groups in total. The number of benzene rings is 1. The molecule has 0 spiro atoms. The lowest BCUT2D eigenvalue weighted by Gasteiger charge is -2.22. The molecule has 6 heteroatoms. The highest BCUT2D eigenvalue weighted by molar-refractivity contribution is 9.10. The maximum Gasteiger partial charge on any atom is 0.258 e. The summed E-state index contributed by atoms with van der Waals surface area (Å²) in [5.41, 5.74) is 0. The van der Waals surface area contributed by atoms with Crippen LogP contribution in [0, 0.1) is 11.6 Å². The fourth-order valence-corrected chi connectivity index (χ4v) is 2.71. The number of hydrogen-bond acceptors (Lipinski definition) is 2. The van der Waals surface area contributed by atoms with E-state index in [0.717, 1.165) is 31.7 Å². The summed E-state index contributed by atoms with van der Waals surface area (Å²) in [6, 6.07) is 2.47. The largest absolute Gasteiger partial charge is 0.481 e. The molecule has 20 heavy (non-hydrogen) atoms. The van der Waals surface area contributed by atoms with Crippen molar-refractivity contribution in [3.8, 4) is 5.75 Å². The molecule has 0 saturated heterocycles. The molecule has 0 bridgehead atoms. The Balaban J connectivity index is 1.86. The normalized spacial score (nSPS) is 15.9. The van der Waals surface area contributed by atoms with E-state index in [9.17, 15) is 13.6 Å². The van der Waals surface area contributed by atoms with Crippen molar-refractivity contribution in [2.75, 3.05) is 6.61 Å². The summed E-state index contributed by atoms with van der Waals surface area (Å²) in [5.74, 6) is -2.67. The lowest BCUT2D eigenvalue weighted by molar-refractivity contribution is -0.124. The molecule has 1 amide bonds. The maximum atomic E-state index is 13.4. The van der Waals surface area contributed by atoms with E-state index in [-0.39, 0.29) is 24.3 Å². The molecule has 0 atom stereocenters. The zero-order valence-electron chi connectivity index (χ0n) is 10.9. The van der Waals surface area contributed by atoms with E-state index in [0.29, 0.717) is 4.47 Å². The molecule has 1 aromatic rings. The van der Waals surface area contributed by atoms with Crippen LogP contribution < -0.4 is 10.1 Å². The van der Waals surface area contributed by atoms with Gasteiger partial charge in [-0.2, -0.15) is 4.39 Å². The van der Waals surface area contributed by atoms with Crippen LogP contribution in [0.2, 0.25) is 0 Å². The average molecular weight is 348 g/mol. The highest BCUT2D eigenvalue weighted by Crippen LogP contribution is 2.25. The Labute approximate surface area is 124 Å². The lowest BCUT2D eigenvalue weighted by atomic mass is 9.95. The van der Waals surface area contributed by atoms with Crippen molar-refractivity contribution in [3.63, 3.8) is 0 Å². The van der Waals surface area contributed by atoms with Crippen LogP contribution >= 0.6 is 15.9 Å². The number of amides is 1. The van der Waals surface area contributed by atoms with Gasteiger partial charge < -0.3 is 10.1 Å². The molecule has 1 fully saturated rings. The van der Waals surface area contributed by atoms with Gasteiger partial charge >= 0.3 is 0 Å². The van der Waals surface area contributed by atoms with Gasteiger partial charge in [0.2, 0.25) is 5.82 Å². The minimum absolute atomic E-state index is 0.170. The summed E-state index contributed by atoms with van der Waals surface area (Å²) in [6.07, 6.45) is 5.34. The van der Waals surface area contributed by atoms with Gasteiger partial charge in [-0.1, -0.05) is 35.2 Å². The first-order valence-electron chi connectivity index (χ1n) is 6.63. The fraction of sp³-hybridized carbons (Fsp3) is 0.500. The first-order valence-corrected chi connectivity index (χ1v) is 7.42. The van der Waals surface area contributed by atoms with E-state index in [2.05, 4.69) is 21.2 Å². The van der Waals surface area contributed by atoms with Crippen molar-refractivity contribution in [1.82, 2.24) is 5.32 Å². The molecule has 1 saturated carbocycles. The summed E-state index contributed by atoms with van der Waals surface area (Å²) in [6.45, 7) is -0.316. The van der Waals surface area contributed by atoms with Crippen LogP contribution in [-0.4, -0.2) is 18.6 Å². The number of halogens is 3. The average Bonchev–Trinajstić information content (AvgIpc) is 2.42. The summed E-state index contributed by atoms with van der Waals surface area (Å²) < 4.78 is 32.0. The summed E-state index contributed by atoms with van der Waals surface area (Å²) in [7, 11) is 0. The van der Waals surface area contributed by atoms with Gasteiger partial charge in [0.25, 0.3) is 5.91 Å². The predicted octanol–water partition coefficient (Wildman–Crippen LogP) is 3.56. The Morgan fingerprint density at radius 1 is 1.30 bits per heavy atom. The van der Waals surface area contributed by atoms with Gasteiger partial charge in [0, 0.05) is 10.5 Å². The van der Waals surface area contributed by atoms with Gasteiger partial charge in [-0.3, -0.25) is 4.79 Å². The Kier molecular flexibility index (Phi) is 5.34. The Bertz CT molecular complexity index is 490. The van der Waals surface area contributed by atoms with E-state index < -0.39 is 11.6 Å². The third kappa shape index (κ3) is 4.16. The smallest absolute Gasteiger partial charge is 0.258 e. The number of nitrogens with one attached hydrogen (secondary N) is 1. The number of rotatable bonds is 4. The van der Waals surface area contributed by atoms with Crippen LogP contribution in [-0.2, 0) is 4.79 Å². The van der Waals surface area contributed by atoms with Gasteiger partial charge in [-0.15, -0.1) is 0 Å². The van der Waals surface area contributed by atoms with Crippen LogP contribution in [0.3, 0.4) is 0 Å². The zero-order chi connectivity index (χ0) is 14.5. The number of hydrogen-bond donors (Lipinski definition) is 1. The lowest BCUT2D eigenvalue weighted by Crippen LogP contribution is -2.39. The molecular formula is C14H16BrF2NO2. The van der Waals surface area contributed by atoms with Crippen molar-refractivity contribution < 1.29 is 18.3 Å². The SMILES string of the molecule is O=C(COc1cc(Br)cc(F)c1F)NC1CCCCC1. The second kappa shape index (κ2) is 7.02. The molecule has 1 aliphatic rings. The van der Waals surface area contributed by atoms with E-state index in [1.807, 2.05) is 0 Å². The van der Waals surface area contributed by atoms with E-state index >= 15 is 0 Å². The first-order chi connectivity index (χ1) is 9.56. The molecule has 1 aliphatic carbocycles. The Morgan fingerprint density at radius 2 is 2.00 bits per heavy atom. The van der Waals surface area contributed by atoms with Crippen molar-refractivity contribution in [3.05, 3.63) is 28.2 Å². The molecule has 0 heterocycles. The molecule has 0 aromatic heterocycles. The fourth-order valence-electron chi connectivity index (χ4n) is 2.30. The molecule has 0 aliphatic heterocycles. The highest BCUT2D eigenvalue weighted by atomic mass is 79.9. The van der Waals surface area contributed by atoms with Crippen LogP contribution in [0.5, 0.6) is 5.75 Å². The Morgan fingerprint density at radius 3 is 2.70 bits per heavy atom. The molecule has 1 aromatic carbocycles. The van der Waals surface area contributed by atoms with Crippen molar-refractivity contribution in [2.24, 2.45) is 0 Å². The van der Waals surface area contributed by atoms with Crippen LogP contribution in [0.4, 0.5) is 8.78 Å². The van der Waals surface area contributed by atoms with E-state index in [4.69, 9.17) is 4.74 Å². The first kappa shape index (κ1) is 15.2. The van der Waals surface area contributed by atoms with Crippen LogP contribution in [0.25, 0.3) is 0 Å². The summed E-state index contributed by atoms with van der Waals surface area (Å²) in [5, 5.41) is 2.85. The van der Waals surface area contributed by atoms with Gasteiger partial charge in [0.05, 0.1) is 0 Å². The number of carbonyl (C=O) groups is 1. The van der Waals surface area contributed by atoms with Crippen LogP contribution in [0.1, 0.15) is 32.1 Å². The minimum Gasteiger partial charge on any atom is -0.481 e. The topological polar surface area (TPSA) is 38.3 Å². The number of ether oxygens (including phenoxy) is 1. The van der Waals surface area contributed by atoms with E-state index in [1.165, 1.54) is 12.5 Å². The highest BCUT2D eigenvalue weighted by Gasteiger charge is 2.17. The van der Waals surface area contributed by atoms with Gasteiger partial charge in [0.15, 0.2) is 18.2 Å². The monoisotopic (exact) mass is 347 g/mol. The van der Waals surface area contributed by atoms with E-state index in [1.54, 1.807) is 0 Å². The van der Waals surface area contributed by atoms with Crippen molar-refractivity contribution in [1.29, 1.82) is 0 Å². The van der Waals surface area contributed by atoms with Crippen LogP contribution in [0.15, 0.2) is 16.6 Å². The zero-order valence-corrected chi connectivity index (χ0v) is 12.5. The molecular weight excluding hydrogens is 332 g/mol.